The SMILES string of the molecule is Cc1ccccc1-n1nc(C(=O)O)cc1C1CCCO1. The molecule has 5 heteroatoms. The molecule has 0 amide bonds. The van der Waals surface area contributed by atoms with Crippen LogP contribution in [-0.4, -0.2) is 27.5 Å². The van der Waals surface area contributed by atoms with Gasteiger partial charge in [-0.1, -0.05) is 18.2 Å². The molecule has 104 valence electrons. The molecule has 20 heavy (non-hydrogen) atoms. The lowest BCUT2D eigenvalue weighted by atomic mass is 10.1. The maximum atomic E-state index is 11.2. The maximum absolute atomic E-state index is 11.2. The van der Waals surface area contributed by atoms with Gasteiger partial charge in [-0.05, 0) is 37.5 Å². The Hall–Kier alpha value is -2.14. The second kappa shape index (κ2) is 5.09. The Balaban J connectivity index is 2.13. The molecule has 1 unspecified atom stereocenters. The lowest BCUT2D eigenvalue weighted by molar-refractivity contribution is 0.0690. The van der Waals surface area contributed by atoms with Crippen LogP contribution in [0.15, 0.2) is 30.3 Å². The summed E-state index contributed by atoms with van der Waals surface area (Å²) < 4.78 is 7.38. The summed E-state index contributed by atoms with van der Waals surface area (Å²) in [7, 11) is 0. The summed E-state index contributed by atoms with van der Waals surface area (Å²) in [5.74, 6) is -1.02. The van der Waals surface area contributed by atoms with Gasteiger partial charge in [-0.25, -0.2) is 9.48 Å². The van der Waals surface area contributed by atoms with Gasteiger partial charge in [-0.2, -0.15) is 5.10 Å². The molecule has 1 aliphatic rings. The number of ether oxygens (including phenoxy) is 1. The van der Waals surface area contributed by atoms with Crippen LogP contribution in [0.25, 0.3) is 5.69 Å². The predicted octanol–water partition coefficient (Wildman–Crippen LogP) is 2.73. The van der Waals surface area contributed by atoms with E-state index in [1.54, 1.807) is 10.7 Å². The number of benzene rings is 1. The number of carbonyl (C=O) groups is 1. The Morgan fingerprint density at radius 1 is 1.45 bits per heavy atom. The van der Waals surface area contributed by atoms with E-state index in [0.717, 1.165) is 29.8 Å². The van der Waals surface area contributed by atoms with Crippen LogP contribution in [0.2, 0.25) is 0 Å². The van der Waals surface area contributed by atoms with Crippen LogP contribution in [0, 0.1) is 6.92 Å². The molecule has 0 aliphatic carbocycles. The van der Waals surface area contributed by atoms with Crippen molar-refractivity contribution >= 4 is 5.97 Å². The van der Waals surface area contributed by atoms with Gasteiger partial charge in [0.15, 0.2) is 5.69 Å². The van der Waals surface area contributed by atoms with Crippen LogP contribution < -0.4 is 0 Å². The van der Waals surface area contributed by atoms with E-state index in [4.69, 9.17) is 9.84 Å². The standard InChI is InChI=1S/C15H16N2O3/c1-10-5-2-3-6-12(10)17-13(14-7-4-8-20-14)9-11(16-17)15(18)19/h2-3,5-6,9,14H,4,7-8H2,1H3,(H,18,19). The van der Waals surface area contributed by atoms with Crippen molar-refractivity contribution in [3.8, 4) is 5.69 Å². The molecule has 0 saturated carbocycles. The molecule has 1 fully saturated rings. The first-order chi connectivity index (χ1) is 9.66. The first-order valence-corrected chi connectivity index (χ1v) is 6.67. The first kappa shape index (κ1) is 12.9. The van der Waals surface area contributed by atoms with E-state index >= 15 is 0 Å². The van der Waals surface area contributed by atoms with E-state index in [1.807, 2.05) is 31.2 Å². The van der Waals surface area contributed by atoms with Crippen molar-refractivity contribution in [3.05, 3.63) is 47.3 Å². The molecule has 5 nitrogen and oxygen atoms in total. The molecule has 1 aromatic carbocycles. The normalized spacial score (nSPS) is 18.4. The molecule has 0 radical (unpaired) electrons. The second-order valence-electron chi connectivity index (χ2n) is 4.96. The average Bonchev–Trinajstić information content (AvgIpc) is 3.08. The number of para-hydroxylation sites is 1. The van der Waals surface area contributed by atoms with E-state index in [-0.39, 0.29) is 11.8 Å². The highest BCUT2D eigenvalue weighted by atomic mass is 16.5. The monoisotopic (exact) mass is 272 g/mol. The van der Waals surface area contributed by atoms with Crippen molar-refractivity contribution in [2.45, 2.75) is 25.9 Å². The van der Waals surface area contributed by atoms with Crippen LogP contribution in [0.5, 0.6) is 0 Å². The molecule has 2 aromatic rings. The second-order valence-corrected chi connectivity index (χ2v) is 4.96. The third-order valence-corrected chi connectivity index (χ3v) is 3.56. The zero-order valence-corrected chi connectivity index (χ0v) is 11.2. The van der Waals surface area contributed by atoms with Gasteiger partial charge in [0.2, 0.25) is 0 Å². The molecule has 1 atom stereocenters. The summed E-state index contributed by atoms with van der Waals surface area (Å²) in [5.41, 5.74) is 2.81. The number of rotatable bonds is 3. The summed E-state index contributed by atoms with van der Waals surface area (Å²) in [5, 5.41) is 13.4. The highest BCUT2D eigenvalue weighted by molar-refractivity contribution is 5.85. The Morgan fingerprint density at radius 2 is 2.25 bits per heavy atom. The van der Waals surface area contributed by atoms with E-state index in [9.17, 15) is 4.79 Å². The topological polar surface area (TPSA) is 64.4 Å². The van der Waals surface area contributed by atoms with Gasteiger partial charge in [0.1, 0.15) is 0 Å². The van der Waals surface area contributed by atoms with Gasteiger partial charge >= 0.3 is 5.97 Å². The van der Waals surface area contributed by atoms with Crippen molar-refractivity contribution in [1.29, 1.82) is 0 Å². The number of carboxylic acids is 1. The van der Waals surface area contributed by atoms with Crippen molar-refractivity contribution in [2.24, 2.45) is 0 Å². The van der Waals surface area contributed by atoms with Crippen LogP contribution in [0.1, 0.15) is 40.7 Å². The number of aromatic nitrogens is 2. The molecule has 0 bridgehead atoms. The van der Waals surface area contributed by atoms with Crippen LogP contribution in [0.3, 0.4) is 0 Å². The zero-order valence-electron chi connectivity index (χ0n) is 11.2. The quantitative estimate of drug-likeness (QED) is 0.933. The minimum absolute atomic E-state index is 0.0544. The highest BCUT2D eigenvalue weighted by Gasteiger charge is 2.25. The summed E-state index contributed by atoms with van der Waals surface area (Å²) in [4.78, 5) is 11.2. The largest absolute Gasteiger partial charge is 0.476 e. The van der Waals surface area contributed by atoms with E-state index in [2.05, 4.69) is 5.10 Å². The number of carboxylic acid groups (broad SMARTS) is 1. The first-order valence-electron chi connectivity index (χ1n) is 6.67. The third-order valence-electron chi connectivity index (χ3n) is 3.56. The number of hydrogen-bond donors (Lipinski definition) is 1. The smallest absolute Gasteiger partial charge is 0.356 e. The predicted molar refractivity (Wildman–Crippen MR) is 73.2 cm³/mol. The van der Waals surface area contributed by atoms with E-state index < -0.39 is 5.97 Å². The Labute approximate surface area is 116 Å². The summed E-state index contributed by atoms with van der Waals surface area (Å²) in [6.07, 6.45) is 1.82. The van der Waals surface area contributed by atoms with Gasteiger partial charge in [0.05, 0.1) is 17.5 Å². The van der Waals surface area contributed by atoms with Crippen LogP contribution in [-0.2, 0) is 4.74 Å². The van der Waals surface area contributed by atoms with Crippen LogP contribution in [0.4, 0.5) is 0 Å². The number of nitrogens with zero attached hydrogens (tertiary/aromatic N) is 2. The summed E-state index contributed by atoms with van der Waals surface area (Å²) in [6.45, 7) is 2.70. The van der Waals surface area contributed by atoms with E-state index in [1.165, 1.54) is 0 Å². The van der Waals surface area contributed by atoms with Crippen molar-refractivity contribution in [1.82, 2.24) is 9.78 Å². The molecular formula is C15H16N2O3. The fraction of sp³-hybridized carbons (Fsp3) is 0.333. The van der Waals surface area contributed by atoms with Gasteiger partial charge in [0, 0.05) is 6.61 Å². The lowest BCUT2D eigenvalue weighted by Crippen LogP contribution is -2.08. The average molecular weight is 272 g/mol. The van der Waals surface area contributed by atoms with E-state index in [0.29, 0.717) is 6.61 Å². The Morgan fingerprint density at radius 3 is 2.90 bits per heavy atom. The van der Waals surface area contributed by atoms with Gasteiger partial charge in [-0.15, -0.1) is 0 Å². The molecule has 1 aromatic heterocycles. The summed E-state index contributed by atoms with van der Waals surface area (Å²) >= 11 is 0. The van der Waals surface area contributed by atoms with Crippen LogP contribution >= 0.6 is 0 Å². The van der Waals surface area contributed by atoms with Gasteiger partial charge < -0.3 is 9.84 Å². The molecule has 1 N–H and O–H groups in total. The lowest BCUT2D eigenvalue weighted by Gasteiger charge is -2.14. The Bertz CT molecular complexity index is 642. The van der Waals surface area contributed by atoms with Gasteiger partial charge in [0.25, 0.3) is 0 Å². The Kier molecular flexibility index (Phi) is 3.28. The fourth-order valence-electron chi connectivity index (χ4n) is 2.53. The van der Waals surface area contributed by atoms with Gasteiger partial charge in [-0.3, -0.25) is 0 Å². The molecule has 1 saturated heterocycles. The molecular weight excluding hydrogens is 256 g/mol. The number of aryl methyl sites for hydroxylation is 1. The minimum Gasteiger partial charge on any atom is -0.476 e. The van der Waals surface area contributed by atoms with Crippen molar-refractivity contribution in [2.75, 3.05) is 6.61 Å². The molecule has 1 aliphatic heterocycles. The minimum atomic E-state index is -1.02. The molecule has 2 heterocycles. The summed E-state index contributed by atoms with van der Waals surface area (Å²) in [6, 6.07) is 9.41. The molecule has 0 spiro atoms. The van der Waals surface area contributed by atoms with Crippen molar-refractivity contribution < 1.29 is 14.6 Å². The molecule has 3 rings (SSSR count). The maximum Gasteiger partial charge on any atom is 0.356 e. The fourth-order valence-corrected chi connectivity index (χ4v) is 2.53. The highest BCUT2D eigenvalue weighted by Crippen LogP contribution is 2.31. The third kappa shape index (κ3) is 2.20. The zero-order chi connectivity index (χ0) is 14.1. The number of hydrogen-bond acceptors (Lipinski definition) is 3. The van der Waals surface area contributed by atoms with Crippen molar-refractivity contribution in [3.63, 3.8) is 0 Å². The number of aromatic carboxylic acids is 1.